The second kappa shape index (κ2) is 5.66. The van der Waals surface area contributed by atoms with Crippen molar-refractivity contribution in [3.05, 3.63) is 65.5 Å². The summed E-state index contributed by atoms with van der Waals surface area (Å²) < 4.78 is 18.6. The number of carbonyl (C=O) groups is 1. The Morgan fingerprint density at radius 2 is 1.65 bits per heavy atom. The fourth-order valence-corrected chi connectivity index (χ4v) is 3.26. The Morgan fingerprint density at radius 1 is 0.957 bits per heavy atom. The molecule has 1 saturated heterocycles. The number of rotatable bonds is 2. The van der Waals surface area contributed by atoms with Gasteiger partial charge in [-0.15, -0.1) is 0 Å². The Labute approximate surface area is 134 Å². The number of esters is 1. The van der Waals surface area contributed by atoms with E-state index in [0.29, 0.717) is 5.56 Å². The number of piperazine rings is 1. The van der Waals surface area contributed by atoms with Gasteiger partial charge in [0, 0.05) is 37.4 Å². The van der Waals surface area contributed by atoms with E-state index in [1.165, 1.54) is 12.1 Å². The Hall–Kier alpha value is -2.40. The molecular weight excluding hydrogens is 295 g/mol. The number of carbonyl (C=O) groups excluding carboxylic acids is 1. The number of hydrogen-bond acceptors (Lipinski definition) is 4. The van der Waals surface area contributed by atoms with Gasteiger partial charge < -0.3 is 9.64 Å². The smallest absolute Gasteiger partial charge is 0.340 e. The van der Waals surface area contributed by atoms with Crippen molar-refractivity contribution in [2.24, 2.45) is 0 Å². The average molecular weight is 312 g/mol. The zero-order chi connectivity index (χ0) is 15.8. The van der Waals surface area contributed by atoms with Gasteiger partial charge in [-0.05, 0) is 30.3 Å². The molecule has 23 heavy (non-hydrogen) atoms. The Balaban J connectivity index is 1.46. The molecule has 0 amide bonds. The molecule has 4 nitrogen and oxygen atoms in total. The first-order chi connectivity index (χ1) is 11.2. The summed E-state index contributed by atoms with van der Waals surface area (Å²) in [5, 5.41) is 0. The molecule has 0 aliphatic carbocycles. The highest BCUT2D eigenvalue weighted by molar-refractivity contribution is 5.93. The summed E-state index contributed by atoms with van der Waals surface area (Å²) in [6.07, 6.45) is -0.283. The number of fused-ring (bicyclic) bond motifs is 1. The van der Waals surface area contributed by atoms with Crippen molar-refractivity contribution >= 4 is 11.7 Å². The van der Waals surface area contributed by atoms with Crippen LogP contribution in [-0.4, -0.2) is 37.0 Å². The van der Waals surface area contributed by atoms with Crippen molar-refractivity contribution in [2.45, 2.75) is 6.23 Å². The van der Waals surface area contributed by atoms with Gasteiger partial charge >= 0.3 is 5.97 Å². The Bertz CT molecular complexity index is 724. The highest BCUT2D eigenvalue weighted by Crippen LogP contribution is 2.34. The standard InChI is InChI=1S/C18H17FN2O2/c19-13-5-7-14(8-6-13)20-9-11-21(12-10-20)17-15-3-1-2-4-16(15)18(22)23-17/h1-8,17H,9-12H2. The van der Waals surface area contributed by atoms with E-state index in [4.69, 9.17) is 4.74 Å². The molecule has 0 saturated carbocycles. The van der Waals surface area contributed by atoms with Crippen molar-refractivity contribution in [1.29, 1.82) is 0 Å². The predicted octanol–water partition coefficient (Wildman–Crippen LogP) is 2.82. The van der Waals surface area contributed by atoms with Crippen LogP contribution < -0.4 is 4.90 Å². The molecule has 2 heterocycles. The number of ether oxygens (including phenoxy) is 1. The molecule has 0 radical (unpaired) electrons. The van der Waals surface area contributed by atoms with Crippen LogP contribution in [0.2, 0.25) is 0 Å². The Morgan fingerprint density at radius 3 is 2.39 bits per heavy atom. The van der Waals surface area contributed by atoms with Gasteiger partial charge in [-0.2, -0.15) is 0 Å². The van der Waals surface area contributed by atoms with E-state index < -0.39 is 0 Å². The predicted molar refractivity (Wildman–Crippen MR) is 84.8 cm³/mol. The maximum absolute atomic E-state index is 13.0. The fourth-order valence-electron chi connectivity index (χ4n) is 3.26. The summed E-state index contributed by atoms with van der Waals surface area (Å²) in [7, 11) is 0. The number of benzene rings is 2. The zero-order valence-electron chi connectivity index (χ0n) is 12.6. The summed E-state index contributed by atoms with van der Waals surface area (Å²) in [6.45, 7) is 3.23. The van der Waals surface area contributed by atoms with Crippen LogP contribution in [0.4, 0.5) is 10.1 Å². The molecule has 0 aromatic heterocycles. The lowest BCUT2D eigenvalue weighted by Crippen LogP contribution is -2.47. The van der Waals surface area contributed by atoms with Gasteiger partial charge in [-0.3, -0.25) is 4.90 Å². The van der Waals surface area contributed by atoms with Crippen molar-refractivity contribution in [3.63, 3.8) is 0 Å². The van der Waals surface area contributed by atoms with E-state index in [0.717, 1.165) is 37.4 Å². The molecule has 2 aliphatic heterocycles. The quantitative estimate of drug-likeness (QED) is 0.798. The van der Waals surface area contributed by atoms with Gasteiger partial charge in [0.15, 0.2) is 6.23 Å². The van der Waals surface area contributed by atoms with E-state index in [1.807, 2.05) is 24.3 Å². The monoisotopic (exact) mass is 312 g/mol. The first-order valence-electron chi connectivity index (χ1n) is 7.77. The summed E-state index contributed by atoms with van der Waals surface area (Å²) in [6, 6.07) is 14.1. The maximum atomic E-state index is 13.0. The van der Waals surface area contributed by atoms with Crippen LogP contribution in [0.15, 0.2) is 48.5 Å². The summed E-state index contributed by atoms with van der Waals surface area (Å²) in [5.74, 6) is -0.464. The minimum absolute atomic E-state index is 0.220. The average Bonchev–Trinajstić information content (AvgIpc) is 2.93. The van der Waals surface area contributed by atoms with E-state index in [1.54, 1.807) is 12.1 Å². The second-order valence-electron chi connectivity index (χ2n) is 5.84. The SMILES string of the molecule is O=C1OC(N2CCN(c3ccc(F)cc3)CC2)c2ccccc21. The van der Waals surface area contributed by atoms with E-state index in [-0.39, 0.29) is 18.0 Å². The summed E-state index contributed by atoms with van der Waals surface area (Å²) >= 11 is 0. The third-order valence-electron chi connectivity index (χ3n) is 4.50. The molecule has 5 heteroatoms. The van der Waals surface area contributed by atoms with Crippen LogP contribution in [-0.2, 0) is 4.74 Å². The molecule has 2 aromatic rings. The van der Waals surface area contributed by atoms with Crippen LogP contribution in [0.5, 0.6) is 0 Å². The summed E-state index contributed by atoms with van der Waals surface area (Å²) in [5.41, 5.74) is 2.64. The Kier molecular flexibility index (Phi) is 3.50. The molecule has 0 bridgehead atoms. The molecule has 2 aromatic carbocycles. The van der Waals surface area contributed by atoms with Gasteiger partial charge in [0.25, 0.3) is 0 Å². The van der Waals surface area contributed by atoms with Crippen molar-refractivity contribution in [1.82, 2.24) is 4.90 Å². The largest absolute Gasteiger partial charge is 0.438 e. The molecule has 0 spiro atoms. The maximum Gasteiger partial charge on any atom is 0.340 e. The van der Waals surface area contributed by atoms with Crippen LogP contribution in [0, 0.1) is 5.82 Å². The molecule has 0 N–H and O–H groups in total. The fraction of sp³-hybridized carbons (Fsp3) is 0.278. The van der Waals surface area contributed by atoms with Crippen LogP contribution in [0.1, 0.15) is 22.1 Å². The molecule has 2 aliphatic rings. The topological polar surface area (TPSA) is 32.8 Å². The lowest BCUT2D eigenvalue weighted by molar-refractivity contribution is -0.0250. The number of cyclic esters (lactones) is 1. The molecule has 1 unspecified atom stereocenters. The van der Waals surface area contributed by atoms with Crippen molar-refractivity contribution in [2.75, 3.05) is 31.1 Å². The first kappa shape index (κ1) is 14.2. The molecule has 1 atom stereocenters. The zero-order valence-corrected chi connectivity index (χ0v) is 12.6. The molecule has 118 valence electrons. The highest BCUT2D eigenvalue weighted by atomic mass is 19.1. The van der Waals surface area contributed by atoms with Crippen molar-refractivity contribution < 1.29 is 13.9 Å². The van der Waals surface area contributed by atoms with E-state index in [9.17, 15) is 9.18 Å². The second-order valence-corrected chi connectivity index (χ2v) is 5.84. The normalized spacial score (nSPS) is 21.2. The van der Waals surface area contributed by atoms with Gasteiger partial charge in [-0.1, -0.05) is 18.2 Å². The molecule has 4 rings (SSSR count). The van der Waals surface area contributed by atoms with Gasteiger partial charge in [0.1, 0.15) is 5.82 Å². The third kappa shape index (κ3) is 2.57. The number of anilines is 1. The number of nitrogens with zero attached hydrogens (tertiary/aromatic N) is 2. The van der Waals surface area contributed by atoms with Gasteiger partial charge in [0.05, 0.1) is 5.56 Å². The number of halogens is 1. The highest BCUT2D eigenvalue weighted by Gasteiger charge is 2.36. The lowest BCUT2D eigenvalue weighted by atomic mass is 10.1. The van der Waals surface area contributed by atoms with Crippen molar-refractivity contribution in [3.8, 4) is 0 Å². The number of hydrogen-bond donors (Lipinski definition) is 0. The minimum atomic E-state index is -0.283. The molecular formula is C18H17FN2O2. The van der Waals surface area contributed by atoms with Crippen LogP contribution >= 0.6 is 0 Å². The van der Waals surface area contributed by atoms with E-state index in [2.05, 4.69) is 9.80 Å². The lowest BCUT2D eigenvalue weighted by Gasteiger charge is -2.38. The first-order valence-corrected chi connectivity index (χ1v) is 7.77. The van der Waals surface area contributed by atoms with E-state index >= 15 is 0 Å². The summed E-state index contributed by atoms with van der Waals surface area (Å²) in [4.78, 5) is 16.3. The van der Waals surface area contributed by atoms with Gasteiger partial charge in [-0.25, -0.2) is 9.18 Å². The van der Waals surface area contributed by atoms with Gasteiger partial charge in [0.2, 0.25) is 0 Å². The molecule has 1 fully saturated rings. The van der Waals surface area contributed by atoms with Crippen LogP contribution in [0.3, 0.4) is 0 Å². The third-order valence-corrected chi connectivity index (χ3v) is 4.50. The minimum Gasteiger partial charge on any atom is -0.438 e. The van der Waals surface area contributed by atoms with Crippen LogP contribution in [0.25, 0.3) is 0 Å².